The van der Waals surface area contributed by atoms with Gasteiger partial charge in [-0.3, -0.25) is 4.79 Å². The van der Waals surface area contributed by atoms with E-state index in [9.17, 15) is 9.90 Å². The fraction of sp³-hybridized carbons (Fsp3) is 0.150. The van der Waals surface area contributed by atoms with E-state index in [0.29, 0.717) is 5.56 Å². The van der Waals surface area contributed by atoms with Gasteiger partial charge in [-0.05, 0) is 36.2 Å². The van der Waals surface area contributed by atoms with Crippen LogP contribution in [-0.4, -0.2) is 17.6 Å². The molecule has 0 spiro atoms. The molecule has 1 aromatic heterocycles. The van der Waals surface area contributed by atoms with Gasteiger partial charge in [0.05, 0.1) is 18.6 Å². The second kappa shape index (κ2) is 7.15. The molecule has 122 valence electrons. The van der Waals surface area contributed by atoms with Crippen molar-refractivity contribution in [1.82, 2.24) is 5.32 Å². The van der Waals surface area contributed by atoms with E-state index in [-0.39, 0.29) is 12.5 Å². The average molecular weight is 321 g/mol. The van der Waals surface area contributed by atoms with Gasteiger partial charge in [0, 0.05) is 17.7 Å². The molecular formula is C20H19NO3. The molecule has 2 N–H and O–H groups in total. The molecule has 4 heteroatoms. The van der Waals surface area contributed by atoms with E-state index in [0.717, 1.165) is 22.3 Å². The van der Waals surface area contributed by atoms with Crippen LogP contribution in [0.15, 0.2) is 71.5 Å². The van der Waals surface area contributed by atoms with Gasteiger partial charge in [-0.25, -0.2) is 0 Å². The van der Waals surface area contributed by atoms with Crippen molar-refractivity contribution in [2.45, 2.75) is 13.0 Å². The quantitative estimate of drug-likeness (QED) is 0.753. The van der Waals surface area contributed by atoms with E-state index < -0.39 is 6.10 Å². The minimum absolute atomic E-state index is 0.165. The lowest BCUT2D eigenvalue weighted by Gasteiger charge is -2.13. The molecule has 0 fully saturated rings. The first-order chi connectivity index (χ1) is 11.6. The third kappa shape index (κ3) is 3.73. The molecule has 1 atom stereocenters. The van der Waals surface area contributed by atoms with Crippen LogP contribution in [0.25, 0.3) is 11.1 Å². The van der Waals surface area contributed by atoms with Gasteiger partial charge in [-0.1, -0.05) is 42.0 Å². The number of rotatable bonds is 5. The molecule has 0 aliphatic heterocycles. The highest BCUT2D eigenvalue weighted by Gasteiger charge is 2.12. The third-order valence-electron chi connectivity index (χ3n) is 3.86. The maximum Gasteiger partial charge on any atom is 0.251 e. The summed E-state index contributed by atoms with van der Waals surface area (Å²) in [5, 5.41) is 13.0. The van der Waals surface area contributed by atoms with Crippen LogP contribution in [-0.2, 0) is 0 Å². The average Bonchev–Trinajstić information content (AvgIpc) is 3.14. The van der Waals surface area contributed by atoms with Crippen LogP contribution in [0.2, 0.25) is 0 Å². The molecule has 0 saturated heterocycles. The standard InChI is InChI=1S/C20H19NO3/c1-14-4-2-6-16(10-14)19(22)12-21-20(23)17-7-3-5-15(11-17)18-8-9-24-13-18/h2-11,13,19,22H,12H2,1H3,(H,21,23). The highest BCUT2D eigenvalue weighted by atomic mass is 16.3. The van der Waals surface area contributed by atoms with E-state index in [1.165, 1.54) is 0 Å². The number of nitrogens with one attached hydrogen (secondary N) is 1. The molecule has 24 heavy (non-hydrogen) atoms. The van der Waals surface area contributed by atoms with Gasteiger partial charge >= 0.3 is 0 Å². The largest absolute Gasteiger partial charge is 0.472 e. The third-order valence-corrected chi connectivity index (χ3v) is 3.86. The second-order valence-electron chi connectivity index (χ2n) is 5.73. The Hall–Kier alpha value is -2.85. The number of carbonyl (C=O) groups excluding carboxylic acids is 1. The van der Waals surface area contributed by atoms with Crippen molar-refractivity contribution in [1.29, 1.82) is 0 Å². The number of aliphatic hydroxyl groups excluding tert-OH is 1. The Morgan fingerprint density at radius 1 is 1.12 bits per heavy atom. The number of carbonyl (C=O) groups is 1. The molecule has 0 aliphatic carbocycles. The van der Waals surface area contributed by atoms with Gasteiger partial charge < -0.3 is 14.8 Å². The SMILES string of the molecule is Cc1cccc(C(O)CNC(=O)c2cccc(-c3ccoc3)c2)c1. The van der Waals surface area contributed by atoms with E-state index in [1.807, 2.05) is 49.4 Å². The molecule has 0 aliphatic rings. The highest BCUT2D eigenvalue weighted by Crippen LogP contribution is 2.21. The van der Waals surface area contributed by atoms with E-state index in [1.54, 1.807) is 24.7 Å². The topological polar surface area (TPSA) is 62.5 Å². The summed E-state index contributed by atoms with van der Waals surface area (Å²) in [6.07, 6.45) is 2.50. The number of hydrogen-bond acceptors (Lipinski definition) is 3. The fourth-order valence-corrected chi connectivity index (χ4v) is 2.56. The zero-order valence-electron chi connectivity index (χ0n) is 13.4. The molecule has 1 amide bonds. The summed E-state index contributed by atoms with van der Waals surface area (Å²) in [5.74, 6) is -0.216. The monoisotopic (exact) mass is 321 g/mol. The molecule has 1 unspecified atom stereocenters. The molecule has 0 radical (unpaired) electrons. The Morgan fingerprint density at radius 3 is 2.71 bits per heavy atom. The van der Waals surface area contributed by atoms with Crippen molar-refractivity contribution in [2.24, 2.45) is 0 Å². The van der Waals surface area contributed by atoms with Crippen molar-refractivity contribution in [3.8, 4) is 11.1 Å². The van der Waals surface area contributed by atoms with E-state index in [4.69, 9.17) is 4.42 Å². The summed E-state index contributed by atoms with van der Waals surface area (Å²) in [6.45, 7) is 2.13. The second-order valence-corrected chi connectivity index (χ2v) is 5.73. The molecule has 1 heterocycles. The lowest BCUT2D eigenvalue weighted by Crippen LogP contribution is -2.28. The number of benzene rings is 2. The highest BCUT2D eigenvalue weighted by molar-refractivity contribution is 5.95. The van der Waals surface area contributed by atoms with E-state index >= 15 is 0 Å². The number of hydrogen-bond donors (Lipinski definition) is 2. The molecule has 0 saturated carbocycles. The normalized spacial score (nSPS) is 11.9. The summed E-state index contributed by atoms with van der Waals surface area (Å²) in [6, 6.07) is 16.8. The van der Waals surface area contributed by atoms with Crippen LogP contribution in [0.5, 0.6) is 0 Å². The summed E-state index contributed by atoms with van der Waals surface area (Å²) < 4.78 is 5.07. The Balaban J connectivity index is 1.66. The summed E-state index contributed by atoms with van der Waals surface area (Å²) in [4.78, 5) is 12.3. The molecule has 2 aromatic carbocycles. The van der Waals surface area contributed by atoms with Gasteiger partial charge in [0.1, 0.15) is 0 Å². The number of aliphatic hydroxyl groups is 1. The molecule has 3 rings (SSSR count). The summed E-state index contributed by atoms with van der Waals surface area (Å²) in [5.41, 5.74) is 4.25. The number of amides is 1. The van der Waals surface area contributed by atoms with Crippen molar-refractivity contribution < 1.29 is 14.3 Å². The maximum atomic E-state index is 12.3. The van der Waals surface area contributed by atoms with Crippen LogP contribution in [0.3, 0.4) is 0 Å². The lowest BCUT2D eigenvalue weighted by molar-refractivity contribution is 0.0916. The first kappa shape index (κ1) is 16.0. The van der Waals surface area contributed by atoms with Gasteiger partial charge in [0.2, 0.25) is 0 Å². The van der Waals surface area contributed by atoms with Crippen LogP contribution in [0.4, 0.5) is 0 Å². The molecular weight excluding hydrogens is 302 g/mol. The summed E-state index contributed by atoms with van der Waals surface area (Å²) >= 11 is 0. The van der Waals surface area contributed by atoms with Gasteiger partial charge in [-0.15, -0.1) is 0 Å². The van der Waals surface area contributed by atoms with Crippen molar-refractivity contribution in [3.63, 3.8) is 0 Å². The van der Waals surface area contributed by atoms with Crippen LogP contribution in [0.1, 0.15) is 27.6 Å². The van der Waals surface area contributed by atoms with Gasteiger partial charge in [-0.2, -0.15) is 0 Å². The van der Waals surface area contributed by atoms with Crippen molar-refractivity contribution in [2.75, 3.05) is 6.54 Å². The Morgan fingerprint density at radius 2 is 1.96 bits per heavy atom. The Labute approximate surface area is 140 Å². The predicted octanol–water partition coefficient (Wildman–Crippen LogP) is 3.72. The maximum absolute atomic E-state index is 12.3. The minimum Gasteiger partial charge on any atom is -0.472 e. The van der Waals surface area contributed by atoms with Gasteiger partial charge in [0.25, 0.3) is 5.91 Å². The molecule has 4 nitrogen and oxygen atoms in total. The van der Waals surface area contributed by atoms with Crippen molar-refractivity contribution >= 4 is 5.91 Å². The number of furan rings is 1. The fourth-order valence-electron chi connectivity index (χ4n) is 2.56. The Bertz CT molecular complexity index is 824. The van der Waals surface area contributed by atoms with Gasteiger partial charge in [0.15, 0.2) is 0 Å². The zero-order valence-corrected chi connectivity index (χ0v) is 13.4. The number of aryl methyl sites for hydroxylation is 1. The van der Waals surface area contributed by atoms with E-state index in [2.05, 4.69) is 5.32 Å². The minimum atomic E-state index is -0.731. The van der Waals surface area contributed by atoms with Crippen LogP contribution >= 0.6 is 0 Å². The van der Waals surface area contributed by atoms with Crippen molar-refractivity contribution in [3.05, 3.63) is 83.8 Å². The predicted molar refractivity (Wildman–Crippen MR) is 92.6 cm³/mol. The first-order valence-corrected chi connectivity index (χ1v) is 7.79. The zero-order chi connectivity index (χ0) is 16.9. The molecule has 3 aromatic rings. The lowest BCUT2D eigenvalue weighted by atomic mass is 10.0. The first-order valence-electron chi connectivity index (χ1n) is 7.79. The Kier molecular flexibility index (Phi) is 4.77. The molecule has 0 bridgehead atoms. The smallest absolute Gasteiger partial charge is 0.251 e. The summed E-state index contributed by atoms with van der Waals surface area (Å²) in [7, 11) is 0. The van der Waals surface area contributed by atoms with Crippen LogP contribution in [0, 0.1) is 6.92 Å². The van der Waals surface area contributed by atoms with Crippen LogP contribution < -0.4 is 5.32 Å².